The number of piperidine rings is 1. The lowest BCUT2D eigenvalue weighted by Crippen LogP contribution is -2.82. The lowest BCUT2D eigenvalue weighted by molar-refractivity contribution is -0.640. The van der Waals surface area contributed by atoms with Crippen LogP contribution < -0.4 is 5.32 Å². The van der Waals surface area contributed by atoms with Gasteiger partial charge in [-0.2, -0.15) is 0 Å². The van der Waals surface area contributed by atoms with Crippen LogP contribution in [0.25, 0.3) is 0 Å². The molecule has 188 valence electrons. The van der Waals surface area contributed by atoms with E-state index in [0.717, 1.165) is 56.2 Å². The molecule has 6 rings (SSSR count). The molecular weight excluding hydrogens is 454 g/mol. The SMILES string of the molecule is Cc1nc2c(s1)[C@]1(CCOC2)C[NH2+]CC1C(=O)N1CC[C@@H](c2ccccc2)C[C@H]1C1CCCCC1. The quantitative estimate of drug-likeness (QED) is 0.697. The molecule has 1 saturated carbocycles. The first kappa shape index (κ1) is 23.6. The zero-order chi connectivity index (χ0) is 23.8. The molecule has 1 spiro atoms. The van der Waals surface area contributed by atoms with E-state index >= 15 is 0 Å². The fourth-order valence-corrected chi connectivity index (χ4v) is 8.90. The second kappa shape index (κ2) is 9.95. The van der Waals surface area contributed by atoms with Crippen molar-refractivity contribution >= 4 is 17.2 Å². The number of ether oxygens (including phenoxy) is 1. The van der Waals surface area contributed by atoms with Gasteiger partial charge in [-0.1, -0.05) is 49.6 Å². The predicted octanol–water partition coefficient (Wildman–Crippen LogP) is 4.16. The number of carbonyl (C=O) groups is 1. The average Bonchev–Trinajstić information content (AvgIpc) is 3.46. The topological polar surface area (TPSA) is 59.0 Å². The molecule has 1 unspecified atom stereocenters. The monoisotopic (exact) mass is 494 g/mol. The van der Waals surface area contributed by atoms with Gasteiger partial charge < -0.3 is 15.0 Å². The number of likely N-dealkylation sites (tertiary alicyclic amines) is 1. The van der Waals surface area contributed by atoms with Gasteiger partial charge in [-0.25, -0.2) is 4.98 Å². The summed E-state index contributed by atoms with van der Waals surface area (Å²) in [7, 11) is 0. The van der Waals surface area contributed by atoms with Crippen LogP contribution in [0.5, 0.6) is 0 Å². The Morgan fingerprint density at radius 2 is 2.00 bits per heavy atom. The highest BCUT2D eigenvalue weighted by atomic mass is 32.1. The van der Waals surface area contributed by atoms with Gasteiger partial charge in [-0.3, -0.25) is 4.79 Å². The summed E-state index contributed by atoms with van der Waals surface area (Å²) < 4.78 is 5.98. The Hall–Kier alpha value is -1.76. The molecule has 1 amide bonds. The van der Waals surface area contributed by atoms with Crippen molar-refractivity contribution in [1.29, 1.82) is 0 Å². The molecule has 4 aliphatic rings. The third-order valence-electron chi connectivity index (χ3n) is 9.46. The van der Waals surface area contributed by atoms with Gasteiger partial charge in [-0.05, 0) is 56.4 Å². The van der Waals surface area contributed by atoms with Gasteiger partial charge in [0.2, 0.25) is 5.91 Å². The fourth-order valence-electron chi connectivity index (χ4n) is 7.70. The number of carbonyl (C=O) groups excluding carboxylic acids is 1. The Bertz CT molecular complexity index is 1030. The molecule has 2 N–H and O–H groups in total. The first-order valence-corrected chi connectivity index (χ1v) is 14.7. The normalized spacial score (nSPS) is 31.9. The largest absolute Gasteiger partial charge is 0.375 e. The second-order valence-electron chi connectivity index (χ2n) is 11.4. The van der Waals surface area contributed by atoms with E-state index in [2.05, 4.69) is 47.5 Å². The van der Waals surface area contributed by atoms with Crippen LogP contribution in [-0.4, -0.2) is 48.1 Å². The van der Waals surface area contributed by atoms with Gasteiger partial charge in [0.05, 0.1) is 35.8 Å². The summed E-state index contributed by atoms with van der Waals surface area (Å²) in [6.07, 6.45) is 9.70. The summed E-state index contributed by atoms with van der Waals surface area (Å²) in [4.78, 5) is 23.1. The maximum absolute atomic E-state index is 14.5. The van der Waals surface area contributed by atoms with Crippen molar-refractivity contribution in [1.82, 2.24) is 9.88 Å². The Labute approximate surface area is 213 Å². The lowest BCUT2D eigenvalue weighted by atomic mass is 9.71. The van der Waals surface area contributed by atoms with Crippen molar-refractivity contribution in [2.45, 2.75) is 82.3 Å². The standard InChI is InChI=1S/C29H39N3O2S/c1-20-31-25-18-34-15-13-29(27(25)35-20)19-30-17-24(29)28(33)32-14-12-23(21-8-4-2-5-9-21)16-26(32)22-10-6-3-7-11-22/h2,4-5,8-9,22-24,26,30H,3,6-7,10-19H2,1H3/p+1/t23-,24?,26+,29-/m1/s1. The summed E-state index contributed by atoms with van der Waals surface area (Å²) in [5.41, 5.74) is 2.42. The predicted molar refractivity (Wildman–Crippen MR) is 138 cm³/mol. The van der Waals surface area contributed by atoms with Crippen LogP contribution >= 0.6 is 11.3 Å². The number of thiazole rings is 1. The number of quaternary nitrogens is 1. The number of aromatic nitrogens is 1. The molecule has 2 aromatic rings. The summed E-state index contributed by atoms with van der Waals surface area (Å²) >= 11 is 1.81. The van der Waals surface area contributed by atoms with Crippen LogP contribution in [0, 0.1) is 18.8 Å². The summed E-state index contributed by atoms with van der Waals surface area (Å²) in [5.74, 6) is 1.67. The van der Waals surface area contributed by atoms with E-state index in [-0.39, 0.29) is 11.3 Å². The Balaban J connectivity index is 1.31. The highest BCUT2D eigenvalue weighted by Gasteiger charge is 2.56. The number of amides is 1. The second-order valence-corrected chi connectivity index (χ2v) is 12.6. The Morgan fingerprint density at radius 3 is 2.83 bits per heavy atom. The van der Waals surface area contributed by atoms with Crippen LogP contribution in [0.1, 0.15) is 78.4 Å². The molecule has 1 aromatic carbocycles. The minimum absolute atomic E-state index is 0.0298. The number of rotatable bonds is 3. The van der Waals surface area contributed by atoms with Crippen LogP contribution in [-0.2, 0) is 21.6 Å². The Kier molecular flexibility index (Phi) is 6.72. The molecule has 35 heavy (non-hydrogen) atoms. The van der Waals surface area contributed by atoms with Gasteiger partial charge in [0, 0.05) is 24.1 Å². The van der Waals surface area contributed by atoms with E-state index in [1.54, 1.807) is 0 Å². The summed E-state index contributed by atoms with van der Waals surface area (Å²) in [6.45, 7) is 6.19. The molecular formula is C29H40N3O2S+. The molecule has 0 radical (unpaired) electrons. The number of nitrogens with zero attached hydrogens (tertiary/aromatic N) is 2. The van der Waals surface area contributed by atoms with Crippen molar-refractivity contribution in [3.05, 3.63) is 51.5 Å². The highest BCUT2D eigenvalue weighted by molar-refractivity contribution is 7.11. The van der Waals surface area contributed by atoms with Crippen LogP contribution in [0.3, 0.4) is 0 Å². The number of nitrogens with two attached hydrogens (primary N) is 1. The highest BCUT2D eigenvalue weighted by Crippen LogP contribution is 2.46. The van der Waals surface area contributed by atoms with Crippen LogP contribution in [0.15, 0.2) is 30.3 Å². The number of hydrogen-bond acceptors (Lipinski definition) is 4. The zero-order valence-corrected chi connectivity index (χ0v) is 21.9. The van der Waals surface area contributed by atoms with Crippen molar-refractivity contribution in [3.8, 4) is 0 Å². The van der Waals surface area contributed by atoms with E-state index in [4.69, 9.17) is 9.72 Å². The average molecular weight is 495 g/mol. The fraction of sp³-hybridized carbons (Fsp3) is 0.655. The minimum Gasteiger partial charge on any atom is -0.375 e. The zero-order valence-electron chi connectivity index (χ0n) is 21.1. The third-order valence-corrected chi connectivity index (χ3v) is 10.7. The smallest absolute Gasteiger partial charge is 0.232 e. The maximum Gasteiger partial charge on any atom is 0.232 e. The first-order chi connectivity index (χ1) is 17.2. The van der Waals surface area contributed by atoms with Crippen LogP contribution in [0.2, 0.25) is 0 Å². The van der Waals surface area contributed by atoms with Gasteiger partial charge in [0.15, 0.2) is 0 Å². The molecule has 0 bridgehead atoms. The van der Waals surface area contributed by atoms with E-state index in [0.29, 0.717) is 30.4 Å². The molecule has 3 fully saturated rings. The van der Waals surface area contributed by atoms with Gasteiger partial charge in [-0.15, -0.1) is 11.3 Å². The van der Waals surface area contributed by atoms with Gasteiger partial charge in [0.1, 0.15) is 5.92 Å². The molecule has 1 aliphatic carbocycles. The molecule has 1 aromatic heterocycles. The third kappa shape index (κ3) is 4.36. The molecule has 3 aliphatic heterocycles. The van der Waals surface area contributed by atoms with Crippen molar-refractivity contribution in [2.24, 2.45) is 11.8 Å². The molecule has 2 saturated heterocycles. The first-order valence-electron chi connectivity index (χ1n) is 13.9. The number of benzene rings is 1. The minimum atomic E-state index is -0.123. The van der Waals surface area contributed by atoms with Crippen molar-refractivity contribution in [2.75, 3.05) is 26.2 Å². The Morgan fingerprint density at radius 1 is 1.17 bits per heavy atom. The van der Waals surface area contributed by atoms with Gasteiger partial charge >= 0.3 is 0 Å². The van der Waals surface area contributed by atoms with Gasteiger partial charge in [0.25, 0.3) is 0 Å². The van der Waals surface area contributed by atoms with Crippen LogP contribution in [0.4, 0.5) is 0 Å². The molecule has 4 atom stereocenters. The summed E-state index contributed by atoms with van der Waals surface area (Å²) in [6, 6.07) is 11.4. The van der Waals surface area contributed by atoms with E-state index < -0.39 is 0 Å². The number of fused-ring (bicyclic) bond motifs is 2. The van der Waals surface area contributed by atoms with Crippen molar-refractivity contribution < 1.29 is 14.8 Å². The maximum atomic E-state index is 14.5. The van der Waals surface area contributed by atoms with E-state index in [1.165, 1.54) is 42.5 Å². The lowest BCUT2D eigenvalue weighted by Gasteiger charge is -2.46. The summed E-state index contributed by atoms with van der Waals surface area (Å²) in [5, 5.41) is 3.49. The van der Waals surface area contributed by atoms with Crippen molar-refractivity contribution in [3.63, 3.8) is 0 Å². The number of hydrogen-bond donors (Lipinski definition) is 1. The molecule has 6 heteroatoms. The number of aryl methyl sites for hydroxylation is 1. The van der Waals surface area contributed by atoms with E-state index in [9.17, 15) is 4.79 Å². The molecule has 5 nitrogen and oxygen atoms in total. The molecule has 4 heterocycles. The van der Waals surface area contributed by atoms with E-state index in [1.807, 2.05) is 11.3 Å².